The van der Waals surface area contributed by atoms with E-state index in [-0.39, 0.29) is 5.82 Å². The fourth-order valence-corrected chi connectivity index (χ4v) is 3.29. The largest absolute Gasteiger partial charge is 0.353 e. The Bertz CT molecular complexity index is 399. The average Bonchev–Trinajstić information content (AvgIpc) is 2.32. The van der Waals surface area contributed by atoms with Crippen molar-refractivity contribution in [3.8, 4) is 0 Å². The fraction of sp³-hybridized carbons (Fsp3) is 0.667. The van der Waals surface area contributed by atoms with Crippen molar-refractivity contribution in [1.29, 1.82) is 0 Å². The third kappa shape index (κ3) is 2.59. The molecule has 1 aliphatic rings. The van der Waals surface area contributed by atoms with Crippen LogP contribution in [0.1, 0.15) is 31.4 Å². The van der Waals surface area contributed by atoms with Gasteiger partial charge < -0.3 is 4.90 Å². The highest BCUT2D eigenvalue weighted by Gasteiger charge is 2.28. The van der Waals surface area contributed by atoms with Gasteiger partial charge in [-0.25, -0.2) is 14.4 Å². The van der Waals surface area contributed by atoms with Crippen molar-refractivity contribution >= 4 is 21.7 Å². The summed E-state index contributed by atoms with van der Waals surface area (Å²) in [6.45, 7) is 1.67. The second kappa shape index (κ2) is 5.29. The number of halogens is 2. The van der Waals surface area contributed by atoms with Crippen molar-refractivity contribution in [3.05, 3.63) is 17.8 Å². The Labute approximate surface area is 110 Å². The van der Waals surface area contributed by atoms with Crippen LogP contribution >= 0.6 is 15.9 Å². The van der Waals surface area contributed by atoms with E-state index in [1.54, 1.807) is 6.92 Å². The Balaban J connectivity index is 2.23. The number of hydrogen-bond acceptors (Lipinski definition) is 3. The molecule has 0 radical (unpaired) electrons. The molecule has 0 spiro atoms. The summed E-state index contributed by atoms with van der Waals surface area (Å²) in [5.74, 6) is 0.106. The third-order valence-corrected chi connectivity index (χ3v) is 4.49. The summed E-state index contributed by atoms with van der Waals surface area (Å²) in [4.78, 5) is 10.3. The zero-order valence-electron chi connectivity index (χ0n) is 10.2. The van der Waals surface area contributed by atoms with Gasteiger partial charge in [0.2, 0.25) is 0 Å². The highest BCUT2D eigenvalue weighted by molar-refractivity contribution is 9.09. The molecule has 0 saturated heterocycles. The first kappa shape index (κ1) is 12.7. The monoisotopic (exact) mass is 301 g/mol. The van der Waals surface area contributed by atoms with Crippen LogP contribution in [0.25, 0.3) is 0 Å². The van der Waals surface area contributed by atoms with Crippen LogP contribution in [0, 0.1) is 12.7 Å². The third-order valence-electron chi connectivity index (χ3n) is 3.42. The molecule has 2 atom stereocenters. The molecule has 1 saturated carbocycles. The number of aryl methyl sites for hydroxylation is 1. The second-order valence-electron chi connectivity index (χ2n) is 4.58. The Morgan fingerprint density at radius 1 is 1.35 bits per heavy atom. The molecule has 0 N–H and O–H groups in total. The van der Waals surface area contributed by atoms with Crippen LogP contribution in [0.4, 0.5) is 10.2 Å². The molecule has 0 aromatic carbocycles. The van der Waals surface area contributed by atoms with Crippen LogP contribution in [-0.4, -0.2) is 27.9 Å². The molecule has 94 valence electrons. The van der Waals surface area contributed by atoms with Crippen LogP contribution < -0.4 is 4.90 Å². The lowest BCUT2D eigenvalue weighted by Gasteiger charge is -2.36. The first-order valence-corrected chi connectivity index (χ1v) is 6.87. The lowest BCUT2D eigenvalue weighted by molar-refractivity contribution is 0.437. The SMILES string of the molecule is Cc1ncnc(N(C)C2CCCCC2Br)c1F. The lowest BCUT2D eigenvalue weighted by atomic mass is 9.94. The molecule has 2 unspecified atom stereocenters. The standard InChI is InChI=1S/C12H17BrFN3/c1-8-11(14)12(16-7-15-8)17(2)10-6-4-3-5-9(10)13/h7,9-10H,3-6H2,1-2H3. The smallest absolute Gasteiger partial charge is 0.186 e. The maximum Gasteiger partial charge on any atom is 0.186 e. The highest BCUT2D eigenvalue weighted by atomic mass is 79.9. The second-order valence-corrected chi connectivity index (χ2v) is 5.75. The minimum Gasteiger partial charge on any atom is -0.353 e. The summed E-state index contributed by atoms with van der Waals surface area (Å²) in [5.41, 5.74) is 0.406. The molecule has 0 aliphatic heterocycles. The molecule has 1 fully saturated rings. The van der Waals surface area contributed by atoms with Crippen molar-refractivity contribution in [3.63, 3.8) is 0 Å². The molecule has 1 heterocycles. The van der Waals surface area contributed by atoms with E-state index in [2.05, 4.69) is 25.9 Å². The van der Waals surface area contributed by atoms with Crippen molar-refractivity contribution in [1.82, 2.24) is 9.97 Å². The van der Waals surface area contributed by atoms with Gasteiger partial charge in [-0.05, 0) is 19.8 Å². The number of anilines is 1. The number of aromatic nitrogens is 2. The zero-order valence-corrected chi connectivity index (χ0v) is 11.7. The van der Waals surface area contributed by atoms with Gasteiger partial charge in [-0.3, -0.25) is 0 Å². The molecule has 2 rings (SSSR count). The van der Waals surface area contributed by atoms with Gasteiger partial charge in [-0.15, -0.1) is 0 Å². The van der Waals surface area contributed by atoms with Gasteiger partial charge in [-0.2, -0.15) is 0 Å². The van der Waals surface area contributed by atoms with E-state index in [1.807, 2.05) is 11.9 Å². The van der Waals surface area contributed by atoms with E-state index in [4.69, 9.17) is 0 Å². The van der Waals surface area contributed by atoms with Gasteiger partial charge in [-0.1, -0.05) is 28.8 Å². The van der Waals surface area contributed by atoms with E-state index in [0.29, 0.717) is 22.4 Å². The van der Waals surface area contributed by atoms with E-state index in [0.717, 1.165) is 12.8 Å². The summed E-state index contributed by atoms with van der Waals surface area (Å²) in [6.07, 6.45) is 6.08. The van der Waals surface area contributed by atoms with Gasteiger partial charge in [0.25, 0.3) is 0 Å². The predicted octanol–water partition coefficient (Wildman–Crippen LogP) is 3.07. The maximum absolute atomic E-state index is 14.0. The van der Waals surface area contributed by atoms with Gasteiger partial charge in [0.15, 0.2) is 11.6 Å². The number of rotatable bonds is 2. The molecule has 1 aromatic rings. The molecule has 5 heteroatoms. The Hall–Kier alpha value is -0.710. The quantitative estimate of drug-likeness (QED) is 0.786. The van der Waals surface area contributed by atoms with Crippen molar-refractivity contribution in [2.24, 2.45) is 0 Å². The fourth-order valence-electron chi connectivity index (χ4n) is 2.35. The van der Waals surface area contributed by atoms with Crippen LogP contribution in [0.2, 0.25) is 0 Å². The van der Waals surface area contributed by atoms with Gasteiger partial charge in [0.05, 0.1) is 5.69 Å². The van der Waals surface area contributed by atoms with Crippen molar-refractivity contribution in [2.75, 3.05) is 11.9 Å². The highest BCUT2D eigenvalue weighted by Crippen LogP contribution is 2.31. The zero-order chi connectivity index (χ0) is 12.4. The molecular weight excluding hydrogens is 285 g/mol. The van der Waals surface area contributed by atoms with E-state index >= 15 is 0 Å². The van der Waals surface area contributed by atoms with Gasteiger partial charge in [0.1, 0.15) is 6.33 Å². The first-order chi connectivity index (χ1) is 8.11. The van der Waals surface area contributed by atoms with Crippen molar-refractivity contribution in [2.45, 2.75) is 43.5 Å². The summed E-state index contributed by atoms with van der Waals surface area (Å²) in [7, 11) is 1.91. The Morgan fingerprint density at radius 2 is 2.06 bits per heavy atom. The van der Waals surface area contributed by atoms with Crippen LogP contribution in [0.3, 0.4) is 0 Å². The Morgan fingerprint density at radius 3 is 2.76 bits per heavy atom. The molecule has 17 heavy (non-hydrogen) atoms. The summed E-state index contributed by atoms with van der Waals surface area (Å²) in [5, 5.41) is 0. The average molecular weight is 302 g/mol. The maximum atomic E-state index is 14.0. The normalized spacial score (nSPS) is 24.7. The van der Waals surface area contributed by atoms with E-state index in [1.165, 1.54) is 19.2 Å². The van der Waals surface area contributed by atoms with Gasteiger partial charge >= 0.3 is 0 Å². The number of hydrogen-bond donors (Lipinski definition) is 0. The molecule has 0 bridgehead atoms. The van der Waals surface area contributed by atoms with Crippen LogP contribution in [0.15, 0.2) is 6.33 Å². The van der Waals surface area contributed by atoms with Gasteiger partial charge in [0, 0.05) is 17.9 Å². The first-order valence-electron chi connectivity index (χ1n) is 5.95. The van der Waals surface area contributed by atoms with E-state index in [9.17, 15) is 4.39 Å². The predicted molar refractivity (Wildman–Crippen MR) is 70.1 cm³/mol. The minimum atomic E-state index is -0.305. The van der Waals surface area contributed by atoms with Crippen LogP contribution in [-0.2, 0) is 0 Å². The minimum absolute atomic E-state index is 0.305. The van der Waals surface area contributed by atoms with Crippen LogP contribution in [0.5, 0.6) is 0 Å². The summed E-state index contributed by atoms with van der Waals surface area (Å²) in [6, 6.07) is 0.313. The molecule has 0 amide bonds. The molecule has 3 nitrogen and oxygen atoms in total. The Kier molecular flexibility index (Phi) is 3.97. The lowest BCUT2D eigenvalue weighted by Crippen LogP contribution is -2.41. The summed E-state index contributed by atoms with van der Waals surface area (Å²) >= 11 is 3.69. The number of alkyl halides is 1. The summed E-state index contributed by atoms with van der Waals surface area (Å²) < 4.78 is 14.0. The number of nitrogens with zero attached hydrogens (tertiary/aromatic N) is 3. The van der Waals surface area contributed by atoms with Crippen molar-refractivity contribution < 1.29 is 4.39 Å². The molecular formula is C12H17BrFN3. The molecule has 1 aromatic heterocycles. The van der Waals surface area contributed by atoms with E-state index < -0.39 is 0 Å². The topological polar surface area (TPSA) is 29.0 Å². The molecule has 1 aliphatic carbocycles.